The number of pyridine rings is 1. The van der Waals surface area contributed by atoms with Gasteiger partial charge in [0.05, 0.1) is 29.3 Å². The number of aromatic amines is 1. The number of nitrogen functional groups attached to an aromatic ring is 1. The van der Waals surface area contributed by atoms with Gasteiger partial charge < -0.3 is 15.8 Å². The van der Waals surface area contributed by atoms with E-state index in [2.05, 4.69) is 19.9 Å². The highest BCUT2D eigenvalue weighted by Crippen LogP contribution is 2.38. The third kappa shape index (κ3) is 3.87. The summed E-state index contributed by atoms with van der Waals surface area (Å²) in [6.07, 6.45) is 1.34. The van der Waals surface area contributed by atoms with E-state index in [1.165, 1.54) is 6.92 Å². The molecule has 156 valence electrons. The zero-order chi connectivity index (χ0) is 21.5. The van der Waals surface area contributed by atoms with E-state index < -0.39 is 17.5 Å². The second kappa shape index (κ2) is 7.47. The maximum Gasteiger partial charge on any atom is 0.416 e. The van der Waals surface area contributed by atoms with Gasteiger partial charge in [0.1, 0.15) is 11.6 Å². The lowest BCUT2D eigenvalue weighted by atomic mass is 9.96. The maximum absolute atomic E-state index is 12.9. The third-order valence-electron chi connectivity index (χ3n) is 5.24. The smallest absolute Gasteiger partial charge is 0.416 e. The summed E-state index contributed by atoms with van der Waals surface area (Å²) in [4.78, 5) is 16.3. The largest absolute Gasteiger partial charge is 0.507 e. The number of H-pyrrole nitrogens is 1. The molecule has 9 heteroatoms. The summed E-state index contributed by atoms with van der Waals surface area (Å²) < 4.78 is 38.8. The second-order valence-corrected chi connectivity index (χ2v) is 7.36. The van der Waals surface area contributed by atoms with E-state index in [0.29, 0.717) is 17.3 Å². The zero-order valence-corrected chi connectivity index (χ0v) is 16.2. The summed E-state index contributed by atoms with van der Waals surface area (Å²) in [6.45, 7) is 1.49. The number of aromatic hydroxyl groups is 1. The normalized spacial score (nSPS) is 16.7. The number of hydrogen-bond donors (Lipinski definition) is 3. The Kier molecular flexibility index (Phi) is 4.97. The van der Waals surface area contributed by atoms with Gasteiger partial charge in [0.2, 0.25) is 0 Å². The Morgan fingerprint density at radius 3 is 2.80 bits per heavy atom. The van der Waals surface area contributed by atoms with Crippen LogP contribution in [0.5, 0.6) is 5.75 Å². The monoisotopic (exact) mass is 415 g/mol. The van der Waals surface area contributed by atoms with Crippen LogP contribution in [0.2, 0.25) is 0 Å². The fourth-order valence-corrected chi connectivity index (χ4v) is 3.70. The first kappa shape index (κ1) is 19.9. The number of nitrogens with one attached hydrogen (secondary N) is 1. The van der Waals surface area contributed by atoms with E-state index in [0.717, 1.165) is 36.7 Å². The average Bonchev–Trinajstić information content (AvgIpc) is 3.14. The topological polar surface area (TPSA) is 100 Å². The number of alkyl halides is 3. The van der Waals surface area contributed by atoms with E-state index in [9.17, 15) is 18.3 Å². The Hall–Kier alpha value is -3.36. The molecule has 0 spiro atoms. The lowest BCUT2D eigenvalue weighted by Gasteiger charge is -2.17. The van der Waals surface area contributed by atoms with Gasteiger partial charge in [-0.25, -0.2) is 9.97 Å². The third-order valence-corrected chi connectivity index (χ3v) is 5.24. The average molecular weight is 415 g/mol. The van der Waals surface area contributed by atoms with Crippen LogP contribution in [0.3, 0.4) is 0 Å². The molecule has 2 aromatic heterocycles. The molecule has 0 saturated heterocycles. The van der Waals surface area contributed by atoms with Crippen molar-refractivity contribution in [1.29, 1.82) is 0 Å². The lowest BCUT2D eigenvalue weighted by Crippen LogP contribution is -2.17. The first-order chi connectivity index (χ1) is 14.2. The number of aromatic nitrogens is 3. The van der Waals surface area contributed by atoms with Gasteiger partial charge >= 0.3 is 6.18 Å². The van der Waals surface area contributed by atoms with E-state index in [-0.39, 0.29) is 23.0 Å². The summed E-state index contributed by atoms with van der Waals surface area (Å²) in [7, 11) is 0. The zero-order valence-electron chi connectivity index (χ0n) is 16.2. The van der Waals surface area contributed by atoms with Crippen LogP contribution < -0.4 is 5.73 Å². The van der Waals surface area contributed by atoms with Crippen LogP contribution in [0.4, 0.5) is 19.0 Å². The summed E-state index contributed by atoms with van der Waals surface area (Å²) in [5.74, 6) is -0.304. The number of nitrogens with two attached hydrogens (primary N) is 1. The molecule has 0 bridgehead atoms. The molecule has 6 nitrogen and oxygen atoms in total. The SMILES string of the molecule is Cc1cc(C(F)(F)F)cc(O)c1-c1ccc(C=NC2CCc3nc[nH]c3C2)c(N)n1. The number of aliphatic imine (C=N–C) groups is 1. The number of rotatable bonds is 3. The molecule has 0 radical (unpaired) electrons. The lowest BCUT2D eigenvalue weighted by molar-refractivity contribution is -0.137. The molecule has 1 aliphatic carbocycles. The van der Waals surface area contributed by atoms with Gasteiger partial charge in [0.15, 0.2) is 0 Å². The number of aryl methyl sites for hydroxylation is 2. The van der Waals surface area contributed by atoms with E-state index in [1.54, 1.807) is 24.7 Å². The van der Waals surface area contributed by atoms with Gasteiger partial charge in [0.25, 0.3) is 0 Å². The molecule has 1 aliphatic rings. The first-order valence-electron chi connectivity index (χ1n) is 9.44. The van der Waals surface area contributed by atoms with Crippen LogP contribution in [0.25, 0.3) is 11.3 Å². The van der Waals surface area contributed by atoms with Gasteiger partial charge in [-0.15, -0.1) is 0 Å². The number of phenolic OH excluding ortho intramolecular Hbond substituents is 1. The van der Waals surface area contributed by atoms with Crippen LogP contribution in [-0.2, 0) is 19.0 Å². The minimum Gasteiger partial charge on any atom is -0.507 e. The van der Waals surface area contributed by atoms with Crippen LogP contribution in [0.15, 0.2) is 35.6 Å². The molecule has 1 aromatic carbocycles. The van der Waals surface area contributed by atoms with Crippen molar-refractivity contribution >= 4 is 12.0 Å². The number of halogens is 3. The van der Waals surface area contributed by atoms with E-state index in [4.69, 9.17) is 5.73 Å². The van der Waals surface area contributed by atoms with Gasteiger partial charge in [-0.3, -0.25) is 4.99 Å². The van der Waals surface area contributed by atoms with Crippen molar-refractivity contribution in [3.05, 3.63) is 58.7 Å². The predicted octanol–water partition coefficient (Wildman–Crippen LogP) is 4.06. The number of phenols is 1. The summed E-state index contributed by atoms with van der Waals surface area (Å²) >= 11 is 0. The number of fused-ring (bicyclic) bond motifs is 1. The van der Waals surface area contributed by atoms with Crippen molar-refractivity contribution in [3.63, 3.8) is 0 Å². The Morgan fingerprint density at radius 1 is 1.30 bits per heavy atom. The molecule has 4 rings (SSSR count). The second-order valence-electron chi connectivity index (χ2n) is 7.36. The fraction of sp³-hybridized carbons (Fsp3) is 0.286. The quantitative estimate of drug-likeness (QED) is 0.562. The Morgan fingerprint density at radius 2 is 2.10 bits per heavy atom. The minimum atomic E-state index is -4.54. The highest BCUT2D eigenvalue weighted by atomic mass is 19.4. The van der Waals surface area contributed by atoms with Crippen LogP contribution >= 0.6 is 0 Å². The van der Waals surface area contributed by atoms with Crippen molar-refractivity contribution in [3.8, 4) is 17.0 Å². The molecule has 0 fully saturated rings. The molecule has 0 saturated carbocycles. The Labute approximate surface area is 170 Å². The number of imidazole rings is 1. The first-order valence-corrected chi connectivity index (χ1v) is 9.44. The van der Waals surface area contributed by atoms with E-state index >= 15 is 0 Å². The number of anilines is 1. The highest BCUT2D eigenvalue weighted by molar-refractivity contribution is 5.87. The van der Waals surface area contributed by atoms with Crippen LogP contribution in [0.1, 0.15) is 34.5 Å². The van der Waals surface area contributed by atoms with E-state index in [1.807, 2.05) is 0 Å². The molecule has 1 unspecified atom stereocenters. The molecular formula is C21H20F3N5O. The maximum atomic E-state index is 12.9. The van der Waals surface area contributed by atoms with Gasteiger partial charge in [0, 0.05) is 29.5 Å². The Balaban J connectivity index is 1.57. The number of hydrogen-bond acceptors (Lipinski definition) is 5. The van der Waals surface area contributed by atoms with Crippen molar-refractivity contribution < 1.29 is 18.3 Å². The number of benzene rings is 1. The molecule has 2 heterocycles. The van der Waals surface area contributed by atoms with Gasteiger partial charge in [-0.2, -0.15) is 13.2 Å². The molecule has 30 heavy (non-hydrogen) atoms. The Bertz CT molecular complexity index is 1100. The molecule has 0 aliphatic heterocycles. The van der Waals surface area contributed by atoms with Gasteiger partial charge in [-0.05, 0) is 49.6 Å². The van der Waals surface area contributed by atoms with Crippen LogP contribution in [-0.4, -0.2) is 32.3 Å². The minimum absolute atomic E-state index is 0.109. The standard InChI is InChI=1S/C21H20F3N5O/c1-11-6-13(21(22,23)24)7-18(30)19(11)16-4-2-12(20(25)29-16)9-26-14-3-5-15-17(8-14)28-10-27-15/h2,4,6-7,9-10,14,30H,3,5,8H2,1H3,(H2,25,29)(H,27,28). The van der Waals surface area contributed by atoms with Crippen molar-refractivity contribution in [2.45, 2.75) is 38.4 Å². The fourth-order valence-electron chi connectivity index (χ4n) is 3.70. The molecule has 4 N–H and O–H groups in total. The molecule has 1 atom stereocenters. The van der Waals surface area contributed by atoms with Crippen LogP contribution in [0, 0.1) is 6.92 Å². The van der Waals surface area contributed by atoms with Crippen molar-refractivity contribution in [2.24, 2.45) is 4.99 Å². The predicted molar refractivity (Wildman–Crippen MR) is 107 cm³/mol. The highest BCUT2D eigenvalue weighted by Gasteiger charge is 2.32. The summed E-state index contributed by atoms with van der Waals surface area (Å²) in [6, 6.07) is 5.10. The van der Waals surface area contributed by atoms with Gasteiger partial charge in [-0.1, -0.05) is 0 Å². The van der Waals surface area contributed by atoms with Crippen molar-refractivity contribution in [1.82, 2.24) is 15.0 Å². The number of nitrogens with zero attached hydrogens (tertiary/aromatic N) is 3. The molecule has 0 amide bonds. The summed E-state index contributed by atoms with van der Waals surface area (Å²) in [5.41, 5.74) is 8.71. The van der Waals surface area contributed by atoms with Crippen molar-refractivity contribution in [2.75, 3.05) is 5.73 Å². The molecular weight excluding hydrogens is 395 g/mol. The summed E-state index contributed by atoms with van der Waals surface area (Å²) in [5, 5.41) is 10.2. The molecule has 3 aromatic rings.